The first-order valence-electron chi connectivity index (χ1n) is 12.4. The third-order valence-corrected chi connectivity index (χ3v) is 7.08. The summed E-state index contributed by atoms with van der Waals surface area (Å²) in [6, 6.07) is 14.7. The smallest absolute Gasteiger partial charge is 0.220 e. The summed E-state index contributed by atoms with van der Waals surface area (Å²) in [5.41, 5.74) is 3.09. The molecule has 4 rings (SSSR count). The second kappa shape index (κ2) is 11.4. The normalized spacial score (nSPS) is 17.4. The number of carbonyl (C=O) groups excluding carboxylic acids is 1. The number of fused-ring (bicyclic) bond motifs is 1. The highest BCUT2D eigenvalue weighted by atomic mass is 16.5. The highest BCUT2D eigenvalue weighted by molar-refractivity contribution is 5.86. The van der Waals surface area contributed by atoms with Crippen molar-refractivity contribution in [3.63, 3.8) is 0 Å². The fraction of sp³-hybridized carbons (Fsp3) is 0.464. The van der Waals surface area contributed by atoms with Crippen molar-refractivity contribution in [3.05, 3.63) is 59.8 Å². The molecule has 1 aliphatic rings. The summed E-state index contributed by atoms with van der Waals surface area (Å²) in [7, 11) is 3.29. The number of methoxy groups -OCH3 is 2. The fourth-order valence-electron chi connectivity index (χ4n) is 5.21. The molecule has 1 saturated heterocycles. The van der Waals surface area contributed by atoms with Crippen molar-refractivity contribution >= 4 is 16.8 Å². The summed E-state index contributed by atoms with van der Waals surface area (Å²) in [5, 5.41) is 4.28. The zero-order valence-electron chi connectivity index (χ0n) is 20.6. The van der Waals surface area contributed by atoms with E-state index in [1.54, 1.807) is 14.2 Å². The number of nitrogens with one attached hydrogen (secondary N) is 2. The number of hydrogen-bond acceptors (Lipinski definition) is 4. The molecule has 34 heavy (non-hydrogen) atoms. The first kappa shape index (κ1) is 24.1. The van der Waals surface area contributed by atoms with E-state index >= 15 is 0 Å². The Morgan fingerprint density at radius 2 is 1.97 bits per heavy atom. The van der Waals surface area contributed by atoms with Crippen LogP contribution in [0, 0.1) is 0 Å². The van der Waals surface area contributed by atoms with Crippen LogP contribution in [0.3, 0.4) is 0 Å². The maximum Gasteiger partial charge on any atom is 0.220 e. The average molecular weight is 464 g/mol. The predicted molar refractivity (Wildman–Crippen MR) is 137 cm³/mol. The van der Waals surface area contributed by atoms with Crippen LogP contribution >= 0.6 is 0 Å². The van der Waals surface area contributed by atoms with Crippen LogP contribution in [0.25, 0.3) is 10.9 Å². The van der Waals surface area contributed by atoms with E-state index in [0.29, 0.717) is 30.5 Å². The van der Waals surface area contributed by atoms with E-state index < -0.39 is 0 Å². The van der Waals surface area contributed by atoms with E-state index in [4.69, 9.17) is 9.47 Å². The van der Waals surface area contributed by atoms with Crippen molar-refractivity contribution in [2.75, 3.05) is 33.9 Å². The molecule has 6 nitrogen and oxygen atoms in total. The summed E-state index contributed by atoms with van der Waals surface area (Å²) in [6.45, 7) is 5.22. The van der Waals surface area contributed by atoms with Gasteiger partial charge in [0, 0.05) is 54.1 Å². The first-order valence-corrected chi connectivity index (χ1v) is 12.4. The third-order valence-electron chi connectivity index (χ3n) is 7.08. The molecule has 1 aliphatic heterocycles. The number of para-hydroxylation sites is 2. The molecule has 6 heteroatoms. The Morgan fingerprint density at radius 1 is 1.12 bits per heavy atom. The van der Waals surface area contributed by atoms with Crippen LogP contribution in [0.4, 0.5) is 0 Å². The van der Waals surface area contributed by atoms with Gasteiger partial charge in [-0.3, -0.25) is 4.79 Å². The van der Waals surface area contributed by atoms with Crippen LogP contribution < -0.4 is 14.8 Å². The Hall–Kier alpha value is -2.99. The van der Waals surface area contributed by atoms with Gasteiger partial charge in [-0.2, -0.15) is 0 Å². The maximum atomic E-state index is 13.1. The summed E-state index contributed by atoms with van der Waals surface area (Å²) in [4.78, 5) is 19.0. The van der Waals surface area contributed by atoms with Gasteiger partial charge in [-0.05, 0) is 50.4 Å². The van der Waals surface area contributed by atoms with E-state index in [0.717, 1.165) is 35.0 Å². The molecular formula is C28H37N3O3. The van der Waals surface area contributed by atoms with E-state index in [2.05, 4.69) is 34.3 Å². The number of piperidine rings is 1. The Labute approximate surface area is 202 Å². The standard InChI is InChI=1S/C28H37N3O3/c1-20-10-6-7-16-31(20)17-9-15-29-27(32)18-23(22-12-8-14-26(33-2)28(22)34-3)24-19-30-25-13-5-4-11-21(24)25/h4-5,8,11-14,19-20,23,30H,6-7,9-10,15-18H2,1-3H3,(H,29,32)/t20-,23-/m1/s1. The zero-order valence-corrected chi connectivity index (χ0v) is 20.6. The number of carbonyl (C=O) groups is 1. The van der Waals surface area contributed by atoms with Gasteiger partial charge in [-0.15, -0.1) is 0 Å². The molecule has 2 heterocycles. The molecule has 0 aliphatic carbocycles. The van der Waals surface area contributed by atoms with Crippen LogP contribution in [-0.2, 0) is 4.79 Å². The van der Waals surface area contributed by atoms with E-state index in [1.807, 2.05) is 36.5 Å². The van der Waals surface area contributed by atoms with Crippen molar-refractivity contribution in [3.8, 4) is 11.5 Å². The largest absolute Gasteiger partial charge is 0.493 e. The molecule has 0 unspecified atom stereocenters. The Kier molecular flexibility index (Phi) is 8.12. The number of likely N-dealkylation sites (tertiary alicyclic amines) is 1. The average Bonchev–Trinajstić information content (AvgIpc) is 3.29. The Morgan fingerprint density at radius 3 is 2.76 bits per heavy atom. The van der Waals surface area contributed by atoms with Crippen LogP contribution in [0.2, 0.25) is 0 Å². The van der Waals surface area contributed by atoms with Crippen LogP contribution in [0.15, 0.2) is 48.7 Å². The van der Waals surface area contributed by atoms with Gasteiger partial charge in [-0.25, -0.2) is 0 Å². The quantitative estimate of drug-likeness (QED) is 0.411. The minimum absolute atomic E-state index is 0.0480. The molecule has 0 radical (unpaired) electrons. The van der Waals surface area contributed by atoms with E-state index in [1.165, 1.54) is 25.8 Å². The van der Waals surface area contributed by atoms with Gasteiger partial charge < -0.3 is 24.7 Å². The molecule has 182 valence electrons. The summed E-state index contributed by atoms with van der Waals surface area (Å²) >= 11 is 0. The SMILES string of the molecule is COc1cccc([C@@H](CC(=O)NCCCN2CCCC[C@H]2C)c2c[nH]c3ccccc23)c1OC. The van der Waals surface area contributed by atoms with Crippen molar-refractivity contribution in [1.29, 1.82) is 0 Å². The number of aromatic nitrogens is 1. The number of H-pyrrole nitrogens is 1. The Bertz CT molecular complexity index is 1090. The van der Waals surface area contributed by atoms with E-state index in [9.17, 15) is 4.79 Å². The number of ether oxygens (including phenoxy) is 2. The first-order chi connectivity index (χ1) is 16.6. The molecular weight excluding hydrogens is 426 g/mol. The highest BCUT2D eigenvalue weighted by Gasteiger charge is 2.26. The summed E-state index contributed by atoms with van der Waals surface area (Å²) < 4.78 is 11.3. The number of hydrogen-bond donors (Lipinski definition) is 2. The van der Waals surface area contributed by atoms with Crippen LogP contribution in [0.1, 0.15) is 56.1 Å². The zero-order chi connectivity index (χ0) is 23.9. The van der Waals surface area contributed by atoms with Gasteiger partial charge in [0.15, 0.2) is 11.5 Å². The molecule has 1 fully saturated rings. The topological polar surface area (TPSA) is 66.6 Å². The van der Waals surface area contributed by atoms with Crippen molar-refractivity contribution in [1.82, 2.24) is 15.2 Å². The van der Waals surface area contributed by atoms with Gasteiger partial charge in [0.25, 0.3) is 0 Å². The molecule has 0 bridgehead atoms. The minimum atomic E-state index is -0.164. The number of aromatic amines is 1. The van der Waals surface area contributed by atoms with Crippen LogP contribution in [-0.4, -0.2) is 55.7 Å². The second-order valence-corrected chi connectivity index (χ2v) is 9.21. The molecule has 2 aromatic carbocycles. The number of benzene rings is 2. The third kappa shape index (κ3) is 5.39. The predicted octanol–water partition coefficient (Wildman–Crippen LogP) is 5.09. The maximum absolute atomic E-state index is 13.1. The lowest BCUT2D eigenvalue weighted by Gasteiger charge is -2.33. The van der Waals surface area contributed by atoms with Crippen molar-refractivity contribution in [2.24, 2.45) is 0 Å². The van der Waals surface area contributed by atoms with Gasteiger partial charge in [0.2, 0.25) is 5.91 Å². The lowest BCUT2D eigenvalue weighted by Crippen LogP contribution is -2.39. The molecule has 3 aromatic rings. The van der Waals surface area contributed by atoms with E-state index in [-0.39, 0.29) is 11.8 Å². The molecule has 0 saturated carbocycles. The van der Waals surface area contributed by atoms with Gasteiger partial charge >= 0.3 is 0 Å². The van der Waals surface area contributed by atoms with Crippen molar-refractivity contribution in [2.45, 2.75) is 51.0 Å². The molecule has 2 atom stereocenters. The van der Waals surface area contributed by atoms with Gasteiger partial charge in [0.1, 0.15) is 0 Å². The number of amides is 1. The Balaban J connectivity index is 1.51. The lowest BCUT2D eigenvalue weighted by atomic mass is 9.87. The van der Waals surface area contributed by atoms with Crippen LogP contribution in [0.5, 0.6) is 11.5 Å². The number of rotatable bonds is 10. The molecule has 0 spiro atoms. The number of nitrogens with zero attached hydrogens (tertiary/aromatic N) is 1. The van der Waals surface area contributed by atoms with Gasteiger partial charge in [0.05, 0.1) is 14.2 Å². The summed E-state index contributed by atoms with van der Waals surface area (Å²) in [6.07, 6.45) is 7.21. The lowest BCUT2D eigenvalue weighted by molar-refractivity contribution is -0.121. The highest BCUT2D eigenvalue weighted by Crippen LogP contribution is 2.41. The molecule has 1 aromatic heterocycles. The minimum Gasteiger partial charge on any atom is -0.493 e. The monoisotopic (exact) mass is 463 g/mol. The summed E-state index contributed by atoms with van der Waals surface area (Å²) in [5.74, 6) is 1.23. The molecule has 2 N–H and O–H groups in total. The second-order valence-electron chi connectivity index (χ2n) is 9.21. The van der Waals surface area contributed by atoms with Gasteiger partial charge in [-0.1, -0.05) is 36.8 Å². The van der Waals surface area contributed by atoms with Crippen molar-refractivity contribution < 1.29 is 14.3 Å². The fourth-order valence-corrected chi connectivity index (χ4v) is 5.21. The molecule has 1 amide bonds.